The van der Waals surface area contributed by atoms with Gasteiger partial charge in [0.2, 0.25) is 5.91 Å². The second-order valence-corrected chi connectivity index (χ2v) is 8.78. The Bertz CT molecular complexity index is 1220. The second-order valence-electron chi connectivity index (χ2n) is 6.99. The Morgan fingerprint density at radius 3 is 2.38 bits per heavy atom. The van der Waals surface area contributed by atoms with Crippen LogP contribution in [0.25, 0.3) is 11.0 Å². The number of sulfonamides is 1. The summed E-state index contributed by atoms with van der Waals surface area (Å²) >= 11 is 0. The SMILES string of the molecule is CC(=O)N(c1ccc2oc3c(c2c1)CCCC3)S(=O)(=O)c1ccc(C(=O)[O-])cc1. The molecule has 0 radical (unpaired) electrons. The maximum absolute atomic E-state index is 13.1. The van der Waals surface area contributed by atoms with Gasteiger partial charge in [0.1, 0.15) is 11.3 Å². The molecular formula is C21H18NO6S-. The largest absolute Gasteiger partial charge is 0.545 e. The molecule has 3 aromatic rings. The highest BCUT2D eigenvalue weighted by atomic mass is 32.2. The van der Waals surface area contributed by atoms with E-state index in [0.29, 0.717) is 5.58 Å². The van der Waals surface area contributed by atoms with Crippen molar-refractivity contribution in [3.63, 3.8) is 0 Å². The molecule has 1 aliphatic carbocycles. The molecule has 1 aliphatic rings. The summed E-state index contributed by atoms with van der Waals surface area (Å²) in [4.78, 5) is 23.0. The van der Waals surface area contributed by atoms with E-state index in [1.54, 1.807) is 12.1 Å². The lowest BCUT2D eigenvalue weighted by Crippen LogP contribution is -2.35. The van der Waals surface area contributed by atoms with Crippen LogP contribution < -0.4 is 9.41 Å². The molecule has 4 rings (SSSR count). The number of carboxylic acids is 1. The van der Waals surface area contributed by atoms with Gasteiger partial charge >= 0.3 is 0 Å². The predicted molar refractivity (Wildman–Crippen MR) is 104 cm³/mol. The first-order valence-corrected chi connectivity index (χ1v) is 10.6. The van der Waals surface area contributed by atoms with Gasteiger partial charge in [0.05, 0.1) is 16.6 Å². The van der Waals surface area contributed by atoms with Crippen LogP contribution in [-0.2, 0) is 27.7 Å². The lowest BCUT2D eigenvalue weighted by atomic mass is 9.96. The highest BCUT2D eigenvalue weighted by Crippen LogP contribution is 2.35. The molecule has 0 fully saturated rings. The Morgan fingerprint density at radius 2 is 1.72 bits per heavy atom. The number of amides is 1. The van der Waals surface area contributed by atoms with E-state index in [2.05, 4.69) is 0 Å². The topological polar surface area (TPSA) is 108 Å². The molecule has 8 heteroatoms. The van der Waals surface area contributed by atoms with Gasteiger partial charge in [0.25, 0.3) is 10.0 Å². The highest BCUT2D eigenvalue weighted by Gasteiger charge is 2.29. The zero-order valence-electron chi connectivity index (χ0n) is 15.7. The third-order valence-electron chi connectivity index (χ3n) is 5.09. The molecule has 1 amide bonds. The molecule has 1 aromatic heterocycles. The van der Waals surface area contributed by atoms with Crippen molar-refractivity contribution < 1.29 is 27.5 Å². The van der Waals surface area contributed by atoms with Crippen LogP contribution in [0.2, 0.25) is 0 Å². The Morgan fingerprint density at radius 1 is 1.03 bits per heavy atom. The standard InChI is InChI=1S/C21H19NO6S/c1-13(23)22(29(26,27)16-9-6-14(7-10-16)21(24)25)15-8-11-20-18(12-15)17-4-2-3-5-19(17)28-20/h6-12H,2-5H2,1H3,(H,24,25)/p-1. The fourth-order valence-corrected chi connectivity index (χ4v) is 5.16. The van der Waals surface area contributed by atoms with Gasteiger partial charge in [0, 0.05) is 24.3 Å². The maximum atomic E-state index is 13.1. The number of carbonyl (C=O) groups is 2. The van der Waals surface area contributed by atoms with E-state index in [1.165, 1.54) is 13.0 Å². The first-order chi connectivity index (χ1) is 13.8. The number of nitrogens with zero attached hydrogens (tertiary/aromatic N) is 1. The monoisotopic (exact) mass is 412 g/mol. The second kappa shape index (κ2) is 7.04. The number of anilines is 1. The Kier molecular flexibility index (Phi) is 4.66. The molecule has 0 N–H and O–H groups in total. The fourth-order valence-electron chi connectivity index (χ4n) is 3.74. The van der Waals surface area contributed by atoms with E-state index < -0.39 is 21.9 Å². The van der Waals surface area contributed by atoms with Crippen LogP contribution >= 0.6 is 0 Å². The predicted octanol–water partition coefficient (Wildman–Crippen LogP) is 2.42. The lowest BCUT2D eigenvalue weighted by molar-refractivity contribution is -0.255. The summed E-state index contributed by atoms with van der Waals surface area (Å²) in [6, 6.07) is 9.44. The fraction of sp³-hybridized carbons (Fsp3) is 0.238. The summed E-state index contributed by atoms with van der Waals surface area (Å²) in [5.41, 5.74) is 1.79. The van der Waals surface area contributed by atoms with E-state index in [-0.39, 0.29) is 16.1 Å². The highest BCUT2D eigenvalue weighted by molar-refractivity contribution is 7.93. The van der Waals surface area contributed by atoms with Gasteiger partial charge in [-0.3, -0.25) is 4.79 Å². The van der Waals surface area contributed by atoms with E-state index in [0.717, 1.165) is 71.0 Å². The Balaban J connectivity index is 1.81. The van der Waals surface area contributed by atoms with Crippen molar-refractivity contribution in [2.45, 2.75) is 37.5 Å². The quantitative estimate of drug-likeness (QED) is 0.651. The van der Waals surface area contributed by atoms with Gasteiger partial charge in [-0.2, -0.15) is 0 Å². The van der Waals surface area contributed by atoms with Crippen LogP contribution in [0, 0.1) is 0 Å². The summed E-state index contributed by atoms with van der Waals surface area (Å²) in [7, 11) is -4.23. The van der Waals surface area contributed by atoms with E-state index in [9.17, 15) is 23.1 Å². The molecule has 1 heterocycles. The zero-order chi connectivity index (χ0) is 20.8. The van der Waals surface area contributed by atoms with E-state index >= 15 is 0 Å². The normalized spacial score (nSPS) is 13.8. The number of rotatable bonds is 4. The van der Waals surface area contributed by atoms with Crippen molar-refractivity contribution in [1.29, 1.82) is 0 Å². The number of carbonyl (C=O) groups excluding carboxylic acids is 2. The minimum absolute atomic E-state index is 0.148. The molecule has 7 nitrogen and oxygen atoms in total. The van der Waals surface area contributed by atoms with Gasteiger partial charge < -0.3 is 14.3 Å². The van der Waals surface area contributed by atoms with Crippen molar-refractivity contribution in [3.05, 3.63) is 59.4 Å². The van der Waals surface area contributed by atoms with Crippen LogP contribution in [0.4, 0.5) is 5.69 Å². The molecule has 0 saturated carbocycles. The molecule has 0 aliphatic heterocycles. The molecule has 0 spiro atoms. The molecular weight excluding hydrogens is 394 g/mol. The number of benzene rings is 2. The minimum atomic E-state index is -4.23. The van der Waals surface area contributed by atoms with Crippen molar-refractivity contribution in [2.75, 3.05) is 4.31 Å². The van der Waals surface area contributed by atoms with Crippen LogP contribution in [-0.4, -0.2) is 20.3 Å². The summed E-state index contributed by atoms with van der Waals surface area (Å²) in [5, 5.41) is 11.7. The van der Waals surface area contributed by atoms with Crippen molar-refractivity contribution in [1.82, 2.24) is 0 Å². The molecule has 2 aromatic carbocycles. The van der Waals surface area contributed by atoms with Gasteiger partial charge in [0.15, 0.2) is 0 Å². The molecule has 0 bridgehead atoms. The van der Waals surface area contributed by atoms with Crippen molar-refractivity contribution >= 4 is 38.6 Å². The third kappa shape index (κ3) is 3.29. The average molecular weight is 412 g/mol. The van der Waals surface area contributed by atoms with Gasteiger partial charge in [-0.25, -0.2) is 12.7 Å². The average Bonchev–Trinajstić information content (AvgIpc) is 3.06. The summed E-state index contributed by atoms with van der Waals surface area (Å²) < 4.78 is 32.9. The first-order valence-electron chi connectivity index (χ1n) is 9.20. The van der Waals surface area contributed by atoms with Crippen LogP contribution in [0.3, 0.4) is 0 Å². The molecule has 0 unspecified atom stereocenters. The summed E-state index contributed by atoms with van der Waals surface area (Å²) in [6.45, 7) is 1.17. The first kappa shape index (κ1) is 19.2. The lowest BCUT2D eigenvalue weighted by Gasteiger charge is -2.21. The molecule has 0 saturated heterocycles. The summed E-state index contributed by atoms with van der Waals surface area (Å²) in [6.07, 6.45) is 3.78. The molecule has 29 heavy (non-hydrogen) atoms. The summed E-state index contributed by atoms with van der Waals surface area (Å²) in [5.74, 6) is -1.17. The Labute approximate surface area is 167 Å². The number of fused-ring (bicyclic) bond motifs is 3. The number of hydrogen-bond donors (Lipinski definition) is 0. The van der Waals surface area contributed by atoms with Gasteiger partial charge in [-0.1, -0.05) is 12.1 Å². The van der Waals surface area contributed by atoms with Crippen molar-refractivity contribution in [3.8, 4) is 0 Å². The van der Waals surface area contributed by atoms with Gasteiger partial charge in [-0.05, 0) is 55.2 Å². The van der Waals surface area contributed by atoms with E-state index in [1.807, 2.05) is 0 Å². The zero-order valence-corrected chi connectivity index (χ0v) is 16.5. The smallest absolute Gasteiger partial charge is 0.270 e. The number of furan rings is 1. The third-order valence-corrected chi connectivity index (χ3v) is 6.90. The Hall–Kier alpha value is -3.13. The van der Waals surface area contributed by atoms with Crippen LogP contribution in [0.1, 0.15) is 41.4 Å². The number of hydrogen-bond acceptors (Lipinski definition) is 6. The number of aryl methyl sites for hydroxylation is 2. The number of carboxylic acid groups (broad SMARTS) is 1. The van der Waals surface area contributed by atoms with E-state index in [4.69, 9.17) is 4.42 Å². The number of aromatic carboxylic acids is 1. The van der Waals surface area contributed by atoms with Crippen LogP contribution in [0.15, 0.2) is 51.8 Å². The van der Waals surface area contributed by atoms with Crippen LogP contribution in [0.5, 0.6) is 0 Å². The molecule has 150 valence electrons. The molecule has 0 atom stereocenters. The van der Waals surface area contributed by atoms with Crippen molar-refractivity contribution in [2.24, 2.45) is 0 Å². The minimum Gasteiger partial charge on any atom is -0.545 e. The van der Waals surface area contributed by atoms with Gasteiger partial charge in [-0.15, -0.1) is 0 Å². The maximum Gasteiger partial charge on any atom is 0.270 e.